The second-order valence-corrected chi connectivity index (χ2v) is 22.0. The molecule has 54 heavy (non-hydrogen) atoms. The first-order valence-electron chi connectivity index (χ1n) is 24.5. The Hall–Kier alpha value is -0.610. The van der Waals surface area contributed by atoms with Gasteiger partial charge in [0, 0.05) is 6.42 Å². The fourth-order valence-corrected chi connectivity index (χ4v) is 17.7. The summed E-state index contributed by atoms with van der Waals surface area (Å²) in [6.45, 7) is 17.3. The Morgan fingerprint density at radius 1 is 0.611 bits per heavy atom. The van der Waals surface area contributed by atoms with E-state index in [1.807, 2.05) is 13.8 Å². The Labute approximate surface area is 332 Å². The number of hydrogen-bond donors (Lipinski definition) is 2. The van der Waals surface area contributed by atoms with Gasteiger partial charge >= 0.3 is 5.97 Å². The second kappa shape index (κ2) is 16.6. The average Bonchev–Trinajstić information content (AvgIpc) is 3.68. The summed E-state index contributed by atoms with van der Waals surface area (Å²) < 4.78 is 5.85. The number of hydrogen-bond acceptors (Lipinski definition) is 4. The maximum atomic E-state index is 12.9. The van der Waals surface area contributed by atoms with Crippen LogP contribution in [0, 0.1) is 86.8 Å². The molecule has 17 atom stereocenters. The van der Waals surface area contributed by atoms with E-state index in [2.05, 4.69) is 34.6 Å². The molecule has 0 radical (unpaired) electrons. The van der Waals surface area contributed by atoms with Crippen molar-refractivity contribution >= 4 is 5.97 Å². The number of carbonyl (C=O) groups excluding carboxylic acids is 1. The van der Waals surface area contributed by atoms with Crippen LogP contribution in [0.3, 0.4) is 0 Å². The fourth-order valence-electron chi connectivity index (χ4n) is 17.7. The number of aliphatic hydroxyl groups is 2. The average molecular weight is 751 g/mol. The molecule has 0 aliphatic heterocycles. The summed E-state index contributed by atoms with van der Waals surface area (Å²) >= 11 is 0. The van der Waals surface area contributed by atoms with Gasteiger partial charge in [0.15, 0.2) is 0 Å². The van der Waals surface area contributed by atoms with Crippen LogP contribution in [0.4, 0.5) is 0 Å². The van der Waals surface area contributed by atoms with Gasteiger partial charge in [-0.3, -0.25) is 4.79 Å². The van der Waals surface area contributed by atoms with Crippen molar-refractivity contribution in [3.8, 4) is 0 Å². The van der Waals surface area contributed by atoms with Crippen molar-refractivity contribution in [2.75, 3.05) is 6.61 Å². The van der Waals surface area contributed by atoms with Crippen LogP contribution in [0.15, 0.2) is 0 Å². The maximum Gasteiger partial charge on any atom is 0.305 e. The highest BCUT2D eigenvalue weighted by Crippen LogP contribution is 2.70. The van der Waals surface area contributed by atoms with Crippen molar-refractivity contribution in [1.29, 1.82) is 0 Å². The molecule has 8 fully saturated rings. The molecule has 0 aromatic carbocycles. The first-order chi connectivity index (χ1) is 26.0. The second-order valence-electron chi connectivity index (χ2n) is 22.0. The monoisotopic (exact) mass is 751 g/mol. The van der Waals surface area contributed by atoms with Crippen LogP contribution in [0.25, 0.3) is 0 Å². The Morgan fingerprint density at radius 2 is 1.19 bits per heavy atom. The molecule has 0 aromatic heterocycles. The lowest BCUT2D eigenvalue weighted by Gasteiger charge is -2.64. The van der Waals surface area contributed by atoms with Crippen LogP contribution < -0.4 is 0 Å². The molecule has 17 unspecified atom stereocenters. The van der Waals surface area contributed by atoms with Gasteiger partial charge in [-0.15, -0.1) is 0 Å². The van der Waals surface area contributed by atoms with E-state index in [1.54, 1.807) is 0 Å². The standard InChI is InChI=1S/C48H80O4.C2H6/c1-6-34-35-17-8-11-26-48(35,5)39-24-28-47(4)31(20-22-37(47)43(39)44(34)51)14-9-12-29-52-41(50)18-13-16-32-19-21-36-42-38(23-27-46(32,36)3)45(2)25-10-7-15-33(45)30-40(42)49;1-2/h31-40,42-44,49,51H,6-30H2,1-5H3;1-2H3. The minimum Gasteiger partial charge on any atom is -0.466 e. The summed E-state index contributed by atoms with van der Waals surface area (Å²) in [5.74, 6) is 7.22. The summed E-state index contributed by atoms with van der Waals surface area (Å²) in [5.41, 5.74) is 1.60. The number of rotatable bonds is 10. The summed E-state index contributed by atoms with van der Waals surface area (Å²) in [5, 5.41) is 23.5. The number of fused-ring (bicyclic) bond motifs is 10. The number of aliphatic hydroxyl groups excluding tert-OH is 2. The predicted molar refractivity (Wildman–Crippen MR) is 222 cm³/mol. The van der Waals surface area contributed by atoms with Crippen LogP contribution in [0.2, 0.25) is 0 Å². The zero-order valence-electron chi connectivity index (χ0n) is 36.4. The molecule has 0 aromatic rings. The van der Waals surface area contributed by atoms with Gasteiger partial charge in [-0.1, -0.05) is 80.6 Å². The molecule has 8 aliphatic carbocycles. The predicted octanol–water partition coefficient (Wildman–Crippen LogP) is 12.6. The topological polar surface area (TPSA) is 66.8 Å². The third-order valence-electron chi connectivity index (χ3n) is 20.5. The SMILES string of the molecule is CC.CCC1C(O)C2C3CCC(CCCCOC(=O)CCCC4CCC5C6C(O)CC7CCCCC7(C)C6CCC45C)C3(C)CCC2C2(C)CCCCC12. The molecule has 0 bridgehead atoms. The first-order valence-corrected chi connectivity index (χ1v) is 24.5. The summed E-state index contributed by atoms with van der Waals surface area (Å²) in [7, 11) is 0. The van der Waals surface area contributed by atoms with Crippen molar-refractivity contribution in [2.24, 2.45) is 86.8 Å². The van der Waals surface area contributed by atoms with Gasteiger partial charge in [0.1, 0.15) is 0 Å². The molecule has 4 nitrogen and oxygen atoms in total. The van der Waals surface area contributed by atoms with Crippen LogP contribution in [-0.4, -0.2) is 35.0 Å². The molecule has 4 heteroatoms. The van der Waals surface area contributed by atoms with Gasteiger partial charge in [-0.25, -0.2) is 0 Å². The molecule has 0 saturated heterocycles. The molecular formula is C50H86O4. The van der Waals surface area contributed by atoms with Crippen LogP contribution >= 0.6 is 0 Å². The number of esters is 1. The Bertz CT molecular complexity index is 1260. The van der Waals surface area contributed by atoms with E-state index in [4.69, 9.17) is 4.74 Å². The van der Waals surface area contributed by atoms with E-state index in [0.29, 0.717) is 76.1 Å². The quantitative estimate of drug-likeness (QED) is 0.172. The van der Waals surface area contributed by atoms with E-state index in [0.717, 1.165) is 62.2 Å². The number of ether oxygens (including phenoxy) is 1. The highest BCUT2D eigenvalue weighted by molar-refractivity contribution is 5.69. The summed E-state index contributed by atoms with van der Waals surface area (Å²) in [6, 6.07) is 0. The lowest BCUT2D eigenvalue weighted by Crippen LogP contribution is -2.61. The zero-order valence-corrected chi connectivity index (χ0v) is 36.4. The van der Waals surface area contributed by atoms with Gasteiger partial charge in [0.2, 0.25) is 0 Å². The normalized spacial score (nSPS) is 50.6. The van der Waals surface area contributed by atoms with Crippen molar-refractivity contribution in [2.45, 2.75) is 215 Å². The van der Waals surface area contributed by atoms with E-state index in [-0.39, 0.29) is 18.2 Å². The third-order valence-corrected chi connectivity index (χ3v) is 20.5. The molecule has 8 rings (SSSR count). The van der Waals surface area contributed by atoms with Gasteiger partial charge in [0.05, 0.1) is 18.8 Å². The first kappa shape index (κ1) is 41.5. The lowest BCUT2D eigenvalue weighted by atomic mass is 9.41. The number of unbranched alkanes of at least 4 members (excludes halogenated alkanes) is 1. The molecule has 8 saturated carbocycles. The summed E-state index contributed by atoms with van der Waals surface area (Å²) in [6.07, 6.45) is 29.6. The van der Waals surface area contributed by atoms with Crippen LogP contribution in [0.1, 0.15) is 203 Å². The van der Waals surface area contributed by atoms with Gasteiger partial charge in [-0.2, -0.15) is 0 Å². The Balaban J connectivity index is 0.00000221. The van der Waals surface area contributed by atoms with Crippen molar-refractivity contribution in [3.05, 3.63) is 0 Å². The summed E-state index contributed by atoms with van der Waals surface area (Å²) in [4.78, 5) is 12.9. The van der Waals surface area contributed by atoms with E-state index in [9.17, 15) is 15.0 Å². The van der Waals surface area contributed by atoms with Crippen molar-refractivity contribution in [3.63, 3.8) is 0 Å². The lowest BCUT2D eigenvalue weighted by molar-refractivity contribution is -0.193. The molecule has 2 N–H and O–H groups in total. The molecule has 0 amide bonds. The Kier molecular flexibility index (Phi) is 12.7. The van der Waals surface area contributed by atoms with Crippen LogP contribution in [0.5, 0.6) is 0 Å². The zero-order chi connectivity index (χ0) is 38.5. The fraction of sp³-hybridized carbons (Fsp3) is 0.980. The van der Waals surface area contributed by atoms with Gasteiger partial charge < -0.3 is 14.9 Å². The van der Waals surface area contributed by atoms with E-state index < -0.39 is 0 Å². The minimum absolute atomic E-state index is 0.0138. The van der Waals surface area contributed by atoms with Gasteiger partial charge in [0.25, 0.3) is 0 Å². The third kappa shape index (κ3) is 6.91. The van der Waals surface area contributed by atoms with Crippen LogP contribution in [-0.2, 0) is 9.53 Å². The van der Waals surface area contributed by atoms with Crippen molar-refractivity contribution < 1.29 is 19.7 Å². The largest absolute Gasteiger partial charge is 0.466 e. The maximum absolute atomic E-state index is 12.9. The molecular weight excluding hydrogens is 665 g/mol. The smallest absolute Gasteiger partial charge is 0.305 e. The molecule has 0 spiro atoms. The highest BCUT2D eigenvalue weighted by atomic mass is 16.5. The molecule has 310 valence electrons. The molecule has 8 aliphatic rings. The highest BCUT2D eigenvalue weighted by Gasteiger charge is 2.64. The van der Waals surface area contributed by atoms with Gasteiger partial charge in [-0.05, 0) is 202 Å². The number of carbonyl (C=O) groups is 1. The molecule has 0 heterocycles. The Morgan fingerprint density at radius 3 is 1.85 bits per heavy atom. The van der Waals surface area contributed by atoms with E-state index >= 15 is 0 Å². The van der Waals surface area contributed by atoms with E-state index in [1.165, 1.54) is 109 Å². The van der Waals surface area contributed by atoms with Crippen molar-refractivity contribution in [1.82, 2.24) is 0 Å². The minimum atomic E-state index is -0.0983.